The van der Waals surface area contributed by atoms with Crippen LogP contribution in [0.25, 0.3) is 10.2 Å². The van der Waals surface area contributed by atoms with Crippen LogP contribution in [0, 0.1) is 13.8 Å². The Hall–Kier alpha value is -3.32. The molecule has 0 atom stereocenters. The molecule has 4 rings (SSSR count). The number of imide groups is 1. The molecular formula is C22H19N3O3S. The number of hydrogen-bond acceptors (Lipinski definition) is 4. The molecule has 0 fully saturated rings. The Morgan fingerprint density at radius 1 is 1.14 bits per heavy atom. The zero-order valence-corrected chi connectivity index (χ0v) is 17.0. The first-order chi connectivity index (χ1) is 13.9. The first-order valence-corrected chi connectivity index (χ1v) is 9.96. The summed E-state index contributed by atoms with van der Waals surface area (Å²) in [4.78, 5) is 43.3. The van der Waals surface area contributed by atoms with Gasteiger partial charge in [-0.15, -0.1) is 6.58 Å². The first kappa shape index (κ1) is 19.0. The van der Waals surface area contributed by atoms with Gasteiger partial charge in [0.25, 0.3) is 17.7 Å². The molecule has 1 aromatic heterocycles. The van der Waals surface area contributed by atoms with Crippen molar-refractivity contribution in [3.8, 4) is 0 Å². The molecule has 0 N–H and O–H groups in total. The fourth-order valence-electron chi connectivity index (χ4n) is 3.64. The average Bonchev–Trinajstić information content (AvgIpc) is 3.13. The van der Waals surface area contributed by atoms with Crippen LogP contribution in [0.5, 0.6) is 0 Å². The fraction of sp³-hybridized carbons (Fsp3) is 0.182. The molecule has 0 aliphatic carbocycles. The van der Waals surface area contributed by atoms with E-state index in [1.165, 1.54) is 11.3 Å². The monoisotopic (exact) mass is 405 g/mol. The third-order valence-corrected chi connectivity index (χ3v) is 5.84. The fourth-order valence-corrected chi connectivity index (χ4v) is 4.87. The van der Waals surface area contributed by atoms with Crippen molar-refractivity contribution in [3.63, 3.8) is 0 Å². The number of aryl methyl sites for hydroxylation is 2. The summed E-state index contributed by atoms with van der Waals surface area (Å²) in [5.74, 6) is -1.47. The maximum Gasteiger partial charge on any atom is 0.268 e. The Morgan fingerprint density at radius 2 is 1.79 bits per heavy atom. The molecule has 146 valence electrons. The Bertz CT molecular complexity index is 1230. The molecule has 3 aromatic rings. The second kappa shape index (κ2) is 7.25. The van der Waals surface area contributed by atoms with Gasteiger partial charge in [0.15, 0.2) is 4.80 Å². The second-order valence-electron chi connectivity index (χ2n) is 6.96. The average molecular weight is 405 g/mol. The Balaban J connectivity index is 1.71. The number of nitrogens with zero attached hydrogens (tertiary/aromatic N) is 3. The minimum atomic E-state index is -0.543. The van der Waals surface area contributed by atoms with Gasteiger partial charge in [-0.05, 0) is 43.2 Å². The Labute approximate surface area is 171 Å². The molecular weight excluding hydrogens is 386 g/mol. The van der Waals surface area contributed by atoms with Crippen LogP contribution in [0.1, 0.15) is 31.8 Å². The molecule has 0 spiro atoms. The standard InChI is InChI=1S/C22H19N3O3S/c1-4-9-24-19-14(3)10-13(2)11-17(19)29-22(24)23-18(26)12-25-20(27)15-7-5-6-8-16(15)21(25)28/h4-8,10-11H,1,9,12H2,2-3H3. The molecule has 2 aromatic carbocycles. The lowest BCUT2D eigenvalue weighted by Crippen LogP contribution is -2.35. The van der Waals surface area contributed by atoms with Crippen LogP contribution in [0.4, 0.5) is 0 Å². The highest BCUT2D eigenvalue weighted by Gasteiger charge is 2.36. The zero-order chi connectivity index (χ0) is 20.7. The molecule has 6 nitrogen and oxygen atoms in total. The molecule has 0 bridgehead atoms. The molecule has 0 saturated carbocycles. The van der Waals surface area contributed by atoms with Crippen LogP contribution in [0.3, 0.4) is 0 Å². The summed E-state index contributed by atoms with van der Waals surface area (Å²) in [6, 6.07) is 10.7. The summed E-state index contributed by atoms with van der Waals surface area (Å²) in [6.45, 7) is 7.96. The van der Waals surface area contributed by atoms with E-state index in [1.807, 2.05) is 18.4 Å². The predicted molar refractivity (Wildman–Crippen MR) is 112 cm³/mol. The smallest absolute Gasteiger partial charge is 0.268 e. The minimum absolute atomic E-state index is 0.319. The summed E-state index contributed by atoms with van der Waals surface area (Å²) < 4.78 is 2.96. The highest BCUT2D eigenvalue weighted by Crippen LogP contribution is 2.24. The SMILES string of the molecule is C=CCn1c(=NC(=O)CN2C(=O)c3ccccc3C2=O)sc2cc(C)cc(C)c21. The lowest BCUT2D eigenvalue weighted by atomic mass is 10.1. The molecule has 7 heteroatoms. The number of carbonyl (C=O) groups excluding carboxylic acids is 3. The summed E-state index contributed by atoms with van der Waals surface area (Å²) >= 11 is 1.41. The number of amides is 3. The quantitative estimate of drug-likeness (QED) is 0.494. The minimum Gasteiger partial charge on any atom is -0.312 e. The van der Waals surface area contributed by atoms with Crippen molar-refractivity contribution in [2.24, 2.45) is 4.99 Å². The summed E-state index contributed by atoms with van der Waals surface area (Å²) in [7, 11) is 0. The van der Waals surface area contributed by atoms with Crippen LogP contribution in [0.15, 0.2) is 54.0 Å². The molecule has 0 radical (unpaired) electrons. The maximum absolute atomic E-state index is 12.7. The Morgan fingerprint density at radius 3 is 2.41 bits per heavy atom. The third-order valence-electron chi connectivity index (χ3n) is 4.82. The van der Waals surface area contributed by atoms with Crippen molar-refractivity contribution < 1.29 is 14.4 Å². The summed E-state index contributed by atoms with van der Waals surface area (Å²) in [5.41, 5.74) is 3.87. The van der Waals surface area contributed by atoms with E-state index in [-0.39, 0.29) is 6.54 Å². The molecule has 0 saturated heterocycles. The number of aromatic nitrogens is 1. The lowest BCUT2D eigenvalue weighted by molar-refractivity contribution is -0.118. The van der Waals surface area contributed by atoms with Crippen molar-refractivity contribution in [2.45, 2.75) is 20.4 Å². The molecule has 3 amide bonds. The number of benzene rings is 2. The highest BCUT2D eigenvalue weighted by atomic mass is 32.1. The van der Waals surface area contributed by atoms with Gasteiger partial charge in [-0.2, -0.15) is 4.99 Å². The lowest BCUT2D eigenvalue weighted by Gasteiger charge is -2.10. The van der Waals surface area contributed by atoms with Crippen LogP contribution >= 0.6 is 11.3 Å². The van der Waals surface area contributed by atoms with Gasteiger partial charge >= 0.3 is 0 Å². The van der Waals surface area contributed by atoms with E-state index in [0.29, 0.717) is 22.5 Å². The van der Waals surface area contributed by atoms with Gasteiger partial charge in [0.2, 0.25) is 0 Å². The molecule has 0 unspecified atom stereocenters. The zero-order valence-electron chi connectivity index (χ0n) is 16.1. The second-order valence-corrected chi connectivity index (χ2v) is 7.97. The number of allylic oxidation sites excluding steroid dienone is 1. The van der Waals surface area contributed by atoms with Crippen LogP contribution < -0.4 is 4.80 Å². The van der Waals surface area contributed by atoms with Crippen molar-refractivity contribution in [2.75, 3.05) is 6.54 Å². The van der Waals surface area contributed by atoms with Crippen LogP contribution in [-0.4, -0.2) is 33.7 Å². The van der Waals surface area contributed by atoms with Gasteiger partial charge in [-0.1, -0.05) is 35.6 Å². The topological polar surface area (TPSA) is 71.7 Å². The molecule has 2 heterocycles. The van der Waals surface area contributed by atoms with Crippen molar-refractivity contribution in [1.82, 2.24) is 9.47 Å². The van der Waals surface area contributed by atoms with E-state index in [9.17, 15) is 14.4 Å². The van der Waals surface area contributed by atoms with Crippen molar-refractivity contribution in [3.05, 3.63) is 76.1 Å². The van der Waals surface area contributed by atoms with E-state index in [1.54, 1.807) is 30.3 Å². The Kier molecular flexibility index (Phi) is 4.76. The summed E-state index contributed by atoms with van der Waals surface area (Å²) in [6.07, 6.45) is 1.75. The third kappa shape index (κ3) is 3.23. The van der Waals surface area contributed by atoms with E-state index in [4.69, 9.17) is 0 Å². The van der Waals surface area contributed by atoms with E-state index < -0.39 is 17.7 Å². The van der Waals surface area contributed by atoms with E-state index in [0.717, 1.165) is 26.2 Å². The number of thiazole rings is 1. The highest BCUT2D eigenvalue weighted by molar-refractivity contribution is 7.16. The number of fused-ring (bicyclic) bond motifs is 2. The van der Waals surface area contributed by atoms with Crippen molar-refractivity contribution >= 4 is 39.3 Å². The summed E-state index contributed by atoms with van der Waals surface area (Å²) in [5, 5.41) is 0. The largest absolute Gasteiger partial charge is 0.312 e. The van der Waals surface area contributed by atoms with Gasteiger partial charge in [0.1, 0.15) is 6.54 Å². The van der Waals surface area contributed by atoms with Gasteiger partial charge in [0.05, 0.1) is 21.3 Å². The predicted octanol–water partition coefficient (Wildman–Crippen LogP) is 3.23. The van der Waals surface area contributed by atoms with Crippen molar-refractivity contribution in [1.29, 1.82) is 0 Å². The first-order valence-electron chi connectivity index (χ1n) is 9.15. The van der Waals surface area contributed by atoms with E-state index >= 15 is 0 Å². The number of carbonyl (C=O) groups is 3. The van der Waals surface area contributed by atoms with Gasteiger partial charge < -0.3 is 4.57 Å². The number of hydrogen-bond donors (Lipinski definition) is 0. The maximum atomic E-state index is 12.7. The molecule has 1 aliphatic heterocycles. The number of rotatable bonds is 4. The van der Waals surface area contributed by atoms with E-state index in [2.05, 4.69) is 23.7 Å². The van der Waals surface area contributed by atoms with Gasteiger partial charge in [-0.25, -0.2) is 0 Å². The van der Waals surface area contributed by atoms with Gasteiger partial charge in [0, 0.05) is 6.54 Å². The normalized spacial score (nSPS) is 14.0. The molecule has 1 aliphatic rings. The molecule has 29 heavy (non-hydrogen) atoms. The van der Waals surface area contributed by atoms with Gasteiger partial charge in [-0.3, -0.25) is 19.3 Å². The van der Waals surface area contributed by atoms with Crippen LogP contribution in [-0.2, 0) is 11.3 Å². The van der Waals surface area contributed by atoms with Crippen LogP contribution in [0.2, 0.25) is 0 Å².